The SMILES string of the molecule is COc1cc(N(C)C)c(NC(=O)/C=C/CN2CCOCC2)cc1Nc1nccc(-n2ccc3cccnc32)n1. The molecule has 1 aromatic carbocycles. The first-order valence-electron chi connectivity index (χ1n) is 12.7. The number of methoxy groups -OCH3 is 1. The van der Waals surface area contributed by atoms with Gasteiger partial charge in [-0.15, -0.1) is 0 Å². The molecule has 0 aliphatic carbocycles. The molecule has 1 amide bonds. The zero-order valence-corrected chi connectivity index (χ0v) is 22.3. The molecule has 0 spiro atoms. The second-order valence-corrected chi connectivity index (χ2v) is 9.23. The van der Waals surface area contributed by atoms with Gasteiger partial charge in [-0.05, 0) is 30.3 Å². The van der Waals surface area contributed by atoms with E-state index in [1.165, 1.54) is 0 Å². The van der Waals surface area contributed by atoms with E-state index in [9.17, 15) is 4.79 Å². The van der Waals surface area contributed by atoms with E-state index in [0.29, 0.717) is 35.4 Å². The Balaban J connectivity index is 1.38. The molecule has 3 aromatic heterocycles. The fraction of sp³-hybridized carbons (Fsp3) is 0.286. The Hall–Kier alpha value is -4.48. The van der Waals surface area contributed by atoms with Crippen molar-refractivity contribution in [3.63, 3.8) is 0 Å². The lowest BCUT2D eigenvalue weighted by molar-refractivity contribution is -0.111. The van der Waals surface area contributed by atoms with Gasteiger partial charge in [-0.3, -0.25) is 14.3 Å². The molecule has 0 atom stereocenters. The van der Waals surface area contributed by atoms with Crippen LogP contribution in [0.2, 0.25) is 0 Å². The molecular formula is C28H32N8O3. The van der Waals surface area contributed by atoms with Crippen LogP contribution in [0.15, 0.2) is 67.1 Å². The van der Waals surface area contributed by atoms with Gasteiger partial charge < -0.3 is 25.0 Å². The van der Waals surface area contributed by atoms with E-state index in [1.807, 2.05) is 72.2 Å². The monoisotopic (exact) mass is 528 g/mol. The molecule has 1 saturated heterocycles. The van der Waals surface area contributed by atoms with Crippen LogP contribution in [0.25, 0.3) is 16.9 Å². The number of benzene rings is 1. The molecule has 11 heteroatoms. The molecule has 11 nitrogen and oxygen atoms in total. The van der Waals surface area contributed by atoms with Crippen LogP contribution in [0.4, 0.5) is 23.0 Å². The standard InChI is InChI=1S/C28H32N8O3/c1-34(2)23-19-24(38-3)22(18-21(23)31-26(37)7-5-12-35-14-16-39-17-15-35)32-28-30-11-8-25(33-28)36-13-9-20-6-4-10-29-27(20)36/h4-11,13,18-19H,12,14-17H2,1-3H3,(H,31,37)(H,30,32,33)/b7-5+. The first-order valence-corrected chi connectivity index (χ1v) is 12.7. The summed E-state index contributed by atoms with van der Waals surface area (Å²) in [5.74, 6) is 1.42. The van der Waals surface area contributed by atoms with Crippen molar-refractivity contribution in [1.29, 1.82) is 0 Å². The molecule has 0 unspecified atom stereocenters. The number of ether oxygens (including phenoxy) is 2. The van der Waals surface area contributed by atoms with E-state index in [0.717, 1.165) is 43.0 Å². The molecule has 0 radical (unpaired) electrons. The van der Waals surface area contributed by atoms with E-state index in [-0.39, 0.29) is 5.91 Å². The van der Waals surface area contributed by atoms with Crippen LogP contribution >= 0.6 is 0 Å². The van der Waals surface area contributed by atoms with Gasteiger partial charge in [-0.1, -0.05) is 6.08 Å². The molecular weight excluding hydrogens is 496 g/mol. The maximum absolute atomic E-state index is 12.8. The number of nitrogens with zero attached hydrogens (tertiary/aromatic N) is 6. The third kappa shape index (κ3) is 6.16. The number of anilines is 4. The Labute approximate surface area is 227 Å². The number of nitrogens with one attached hydrogen (secondary N) is 2. The summed E-state index contributed by atoms with van der Waals surface area (Å²) < 4.78 is 12.9. The number of hydrogen-bond donors (Lipinski definition) is 2. The van der Waals surface area contributed by atoms with Crippen molar-refractivity contribution in [1.82, 2.24) is 24.4 Å². The highest BCUT2D eigenvalue weighted by atomic mass is 16.5. The van der Waals surface area contributed by atoms with Crippen LogP contribution in [0, 0.1) is 0 Å². The molecule has 5 rings (SSSR count). The lowest BCUT2D eigenvalue weighted by Gasteiger charge is -2.25. The number of rotatable bonds is 9. The molecule has 202 valence electrons. The van der Waals surface area contributed by atoms with Crippen molar-refractivity contribution in [3.8, 4) is 11.6 Å². The summed E-state index contributed by atoms with van der Waals surface area (Å²) in [7, 11) is 5.42. The topological polar surface area (TPSA) is 110 Å². The Bertz CT molecular complexity index is 1480. The summed E-state index contributed by atoms with van der Waals surface area (Å²) in [5, 5.41) is 7.27. The number of pyridine rings is 1. The number of carbonyl (C=O) groups is 1. The molecule has 1 aliphatic rings. The Kier molecular flexibility index (Phi) is 7.99. The molecule has 1 aliphatic heterocycles. The fourth-order valence-corrected chi connectivity index (χ4v) is 4.39. The number of morpholine rings is 1. The Morgan fingerprint density at radius 3 is 2.77 bits per heavy atom. The van der Waals surface area contributed by atoms with Gasteiger partial charge in [-0.2, -0.15) is 4.98 Å². The average Bonchev–Trinajstić information content (AvgIpc) is 3.38. The minimum atomic E-state index is -0.215. The minimum Gasteiger partial charge on any atom is -0.494 e. The third-order valence-corrected chi connectivity index (χ3v) is 6.38. The fourth-order valence-electron chi connectivity index (χ4n) is 4.39. The van der Waals surface area contributed by atoms with Gasteiger partial charge in [0.15, 0.2) is 0 Å². The van der Waals surface area contributed by atoms with Gasteiger partial charge in [0.05, 0.1) is 37.4 Å². The number of aromatic nitrogens is 4. The molecule has 39 heavy (non-hydrogen) atoms. The largest absolute Gasteiger partial charge is 0.494 e. The second kappa shape index (κ2) is 11.9. The molecule has 4 heterocycles. The summed E-state index contributed by atoms with van der Waals surface area (Å²) in [6.07, 6.45) is 8.80. The van der Waals surface area contributed by atoms with Crippen molar-refractivity contribution in [2.24, 2.45) is 0 Å². The predicted octanol–water partition coefficient (Wildman–Crippen LogP) is 3.46. The molecule has 0 bridgehead atoms. The van der Waals surface area contributed by atoms with Crippen molar-refractivity contribution in [2.45, 2.75) is 0 Å². The van der Waals surface area contributed by atoms with Gasteiger partial charge in [-0.25, -0.2) is 9.97 Å². The minimum absolute atomic E-state index is 0.215. The van der Waals surface area contributed by atoms with Gasteiger partial charge >= 0.3 is 0 Å². The predicted molar refractivity (Wildman–Crippen MR) is 152 cm³/mol. The second-order valence-electron chi connectivity index (χ2n) is 9.23. The quantitative estimate of drug-likeness (QED) is 0.316. The van der Waals surface area contributed by atoms with Crippen molar-refractivity contribution < 1.29 is 14.3 Å². The zero-order valence-electron chi connectivity index (χ0n) is 22.3. The maximum atomic E-state index is 12.8. The van der Waals surface area contributed by atoms with Crippen molar-refractivity contribution >= 4 is 40.0 Å². The normalized spacial score (nSPS) is 14.0. The maximum Gasteiger partial charge on any atom is 0.248 e. The van der Waals surface area contributed by atoms with Gasteiger partial charge in [0.1, 0.15) is 17.2 Å². The lowest BCUT2D eigenvalue weighted by atomic mass is 10.2. The first-order chi connectivity index (χ1) is 19.0. The zero-order chi connectivity index (χ0) is 27.2. The van der Waals surface area contributed by atoms with Gasteiger partial charge in [0.2, 0.25) is 11.9 Å². The van der Waals surface area contributed by atoms with Crippen LogP contribution in [0.5, 0.6) is 5.75 Å². The van der Waals surface area contributed by atoms with Crippen LogP contribution in [-0.4, -0.2) is 84.4 Å². The highest BCUT2D eigenvalue weighted by Crippen LogP contribution is 2.37. The van der Waals surface area contributed by atoms with E-state index >= 15 is 0 Å². The highest BCUT2D eigenvalue weighted by molar-refractivity contribution is 6.02. The van der Waals surface area contributed by atoms with Crippen molar-refractivity contribution in [2.75, 3.05) is 69.6 Å². The first kappa shape index (κ1) is 26.1. The number of carbonyl (C=O) groups excluding carboxylic acids is 1. The summed E-state index contributed by atoms with van der Waals surface area (Å²) in [5.41, 5.74) is 2.85. The van der Waals surface area contributed by atoms with E-state index in [2.05, 4.69) is 25.5 Å². The van der Waals surface area contributed by atoms with E-state index in [4.69, 9.17) is 14.5 Å². The molecule has 1 fully saturated rings. The smallest absolute Gasteiger partial charge is 0.248 e. The summed E-state index contributed by atoms with van der Waals surface area (Å²) in [4.78, 5) is 30.5. The van der Waals surface area contributed by atoms with Crippen LogP contribution in [0.1, 0.15) is 0 Å². The Morgan fingerprint density at radius 1 is 1.13 bits per heavy atom. The van der Waals surface area contributed by atoms with Gasteiger partial charge in [0, 0.05) is 69.8 Å². The van der Waals surface area contributed by atoms with Crippen LogP contribution in [-0.2, 0) is 9.53 Å². The number of fused-ring (bicyclic) bond motifs is 1. The van der Waals surface area contributed by atoms with Crippen LogP contribution in [0.3, 0.4) is 0 Å². The summed E-state index contributed by atoms with van der Waals surface area (Å²) in [6.45, 7) is 3.88. The molecule has 0 saturated carbocycles. The van der Waals surface area contributed by atoms with Gasteiger partial charge in [0.25, 0.3) is 0 Å². The Morgan fingerprint density at radius 2 is 1.97 bits per heavy atom. The summed E-state index contributed by atoms with van der Waals surface area (Å²) >= 11 is 0. The summed E-state index contributed by atoms with van der Waals surface area (Å²) in [6, 6.07) is 11.4. The molecule has 4 aromatic rings. The lowest BCUT2D eigenvalue weighted by Crippen LogP contribution is -2.36. The van der Waals surface area contributed by atoms with E-state index in [1.54, 1.807) is 25.6 Å². The number of amides is 1. The third-order valence-electron chi connectivity index (χ3n) is 6.38. The average molecular weight is 529 g/mol. The van der Waals surface area contributed by atoms with Crippen molar-refractivity contribution in [3.05, 3.63) is 67.1 Å². The highest BCUT2D eigenvalue weighted by Gasteiger charge is 2.16. The number of hydrogen-bond acceptors (Lipinski definition) is 9. The molecule has 2 N–H and O–H groups in total. The van der Waals surface area contributed by atoms with Crippen LogP contribution < -0.4 is 20.3 Å². The van der Waals surface area contributed by atoms with E-state index < -0.39 is 0 Å².